The SMILES string of the molecule is CCOC(=O)/C=C/C(=O)OCC(=O)c1ccc(NC(=O)c2ccccc2)cc1. The summed E-state index contributed by atoms with van der Waals surface area (Å²) in [6.45, 7) is 1.36. The Balaban J connectivity index is 1.85. The molecule has 2 rings (SSSR count). The zero-order chi connectivity index (χ0) is 20.4. The molecule has 0 fully saturated rings. The van der Waals surface area contributed by atoms with Gasteiger partial charge in [-0.25, -0.2) is 9.59 Å². The fourth-order valence-electron chi connectivity index (χ4n) is 2.13. The van der Waals surface area contributed by atoms with Crippen molar-refractivity contribution in [3.63, 3.8) is 0 Å². The molecule has 0 unspecified atom stereocenters. The molecular weight excluding hydrogens is 362 g/mol. The highest BCUT2D eigenvalue weighted by Crippen LogP contribution is 2.12. The van der Waals surface area contributed by atoms with E-state index in [0.717, 1.165) is 12.2 Å². The normalized spacial score (nSPS) is 10.3. The first kappa shape index (κ1) is 20.6. The molecule has 0 spiro atoms. The van der Waals surface area contributed by atoms with Crippen LogP contribution in [0.15, 0.2) is 66.7 Å². The predicted molar refractivity (Wildman–Crippen MR) is 102 cm³/mol. The Morgan fingerprint density at radius 1 is 0.821 bits per heavy atom. The number of ketones is 1. The molecular formula is C21H19NO6. The molecule has 0 aliphatic heterocycles. The van der Waals surface area contributed by atoms with Crippen LogP contribution in [0.5, 0.6) is 0 Å². The molecule has 7 heteroatoms. The summed E-state index contributed by atoms with van der Waals surface area (Å²) < 4.78 is 9.41. The second-order valence-corrected chi connectivity index (χ2v) is 5.51. The average molecular weight is 381 g/mol. The van der Waals surface area contributed by atoms with Crippen molar-refractivity contribution in [2.45, 2.75) is 6.92 Å². The van der Waals surface area contributed by atoms with Crippen molar-refractivity contribution in [1.82, 2.24) is 0 Å². The van der Waals surface area contributed by atoms with Crippen molar-refractivity contribution in [3.8, 4) is 0 Å². The van der Waals surface area contributed by atoms with Crippen molar-refractivity contribution in [2.24, 2.45) is 0 Å². The zero-order valence-electron chi connectivity index (χ0n) is 15.2. The Bertz CT molecular complexity index is 872. The van der Waals surface area contributed by atoms with Gasteiger partial charge in [0.2, 0.25) is 0 Å². The quantitative estimate of drug-likeness (QED) is 0.429. The van der Waals surface area contributed by atoms with E-state index in [2.05, 4.69) is 10.1 Å². The minimum Gasteiger partial charge on any atom is -0.463 e. The van der Waals surface area contributed by atoms with Crippen molar-refractivity contribution >= 4 is 29.3 Å². The number of carbonyl (C=O) groups is 4. The lowest BCUT2D eigenvalue weighted by Gasteiger charge is -2.06. The summed E-state index contributed by atoms with van der Waals surface area (Å²) in [7, 11) is 0. The van der Waals surface area contributed by atoms with Gasteiger partial charge in [0.05, 0.1) is 6.61 Å². The molecule has 0 aromatic heterocycles. The van der Waals surface area contributed by atoms with Crippen LogP contribution in [0, 0.1) is 0 Å². The van der Waals surface area contributed by atoms with Gasteiger partial charge in [-0.15, -0.1) is 0 Å². The van der Waals surface area contributed by atoms with E-state index in [-0.39, 0.29) is 12.5 Å². The molecule has 1 N–H and O–H groups in total. The van der Waals surface area contributed by atoms with Gasteiger partial charge >= 0.3 is 11.9 Å². The van der Waals surface area contributed by atoms with Crippen LogP contribution in [0.4, 0.5) is 5.69 Å². The third kappa shape index (κ3) is 6.53. The Kier molecular flexibility index (Phi) is 7.65. The van der Waals surface area contributed by atoms with Crippen LogP contribution < -0.4 is 5.32 Å². The van der Waals surface area contributed by atoms with Gasteiger partial charge in [-0.1, -0.05) is 18.2 Å². The van der Waals surface area contributed by atoms with E-state index >= 15 is 0 Å². The van der Waals surface area contributed by atoms with Crippen LogP contribution in [-0.2, 0) is 19.1 Å². The minimum atomic E-state index is -0.826. The Morgan fingerprint density at radius 2 is 1.43 bits per heavy atom. The smallest absolute Gasteiger partial charge is 0.331 e. The Hall–Kier alpha value is -3.74. The van der Waals surface area contributed by atoms with Crippen LogP contribution >= 0.6 is 0 Å². The number of amides is 1. The molecule has 0 heterocycles. The number of carbonyl (C=O) groups excluding carboxylic acids is 4. The van der Waals surface area contributed by atoms with Gasteiger partial charge < -0.3 is 14.8 Å². The number of nitrogens with one attached hydrogen (secondary N) is 1. The third-order valence-corrected chi connectivity index (χ3v) is 3.49. The zero-order valence-corrected chi connectivity index (χ0v) is 15.2. The first-order valence-electron chi connectivity index (χ1n) is 8.51. The Morgan fingerprint density at radius 3 is 2.04 bits per heavy atom. The second kappa shape index (κ2) is 10.4. The van der Waals surface area contributed by atoms with E-state index < -0.39 is 24.3 Å². The van der Waals surface area contributed by atoms with Gasteiger partial charge in [-0.3, -0.25) is 9.59 Å². The van der Waals surface area contributed by atoms with Crippen LogP contribution in [0.2, 0.25) is 0 Å². The number of ether oxygens (including phenoxy) is 2. The van der Waals surface area contributed by atoms with E-state index in [9.17, 15) is 19.2 Å². The molecule has 0 aliphatic carbocycles. The maximum absolute atomic E-state index is 12.1. The molecule has 0 saturated carbocycles. The highest BCUT2D eigenvalue weighted by atomic mass is 16.5. The van der Waals surface area contributed by atoms with E-state index in [1.807, 2.05) is 6.07 Å². The molecule has 0 saturated heterocycles. The molecule has 0 atom stereocenters. The Labute approximate surface area is 162 Å². The molecule has 144 valence electrons. The fraction of sp³-hybridized carbons (Fsp3) is 0.143. The number of hydrogen-bond acceptors (Lipinski definition) is 6. The number of hydrogen-bond donors (Lipinski definition) is 1. The molecule has 0 radical (unpaired) electrons. The number of esters is 2. The van der Waals surface area contributed by atoms with E-state index in [1.54, 1.807) is 43.3 Å². The lowest BCUT2D eigenvalue weighted by molar-refractivity contribution is -0.139. The molecule has 7 nitrogen and oxygen atoms in total. The molecule has 0 aliphatic rings. The van der Waals surface area contributed by atoms with Gasteiger partial charge in [-0.05, 0) is 43.3 Å². The molecule has 2 aromatic carbocycles. The van der Waals surface area contributed by atoms with Gasteiger partial charge in [0, 0.05) is 29.0 Å². The molecule has 0 bridgehead atoms. The van der Waals surface area contributed by atoms with Crippen molar-refractivity contribution in [3.05, 3.63) is 77.9 Å². The summed E-state index contributed by atoms with van der Waals surface area (Å²) in [5.41, 5.74) is 1.37. The van der Waals surface area contributed by atoms with E-state index in [0.29, 0.717) is 16.8 Å². The molecule has 28 heavy (non-hydrogen) atoms. The van der Waals surface area contributed by atoms with Crippen LogP contribution in [-0.4, -0.2) is 36.8 Å². The maximum Gasteiger partial charge on any atom is 0.331 e. The second-order valence-electron chi connectivity index (χ2n) is 5.51. The van der Waals surface area contributed by atoms with Crippen molar-refractivity contribution in [2.75, 3.05) is 18.5 Å². The first-order valence-corrected chi connectivity index (χ1v) is 8.51. The van der Waals surface area contributed by atoms with Crippen LogP contribution in [0.25, 0.3) is 0 Å². The summed E-state index contributed by atoms with van der Waals surface area (Å²) in [5, 5.41) is 2.72. The largest absolute Gasteiger partial charge is 0.463 e. The van der Waals surface area contributed by atoms with E-state index in [1.165, 1.54) is 12.1 Å². The maximum atomic E-state index is 12.1. The summed E-state index contributed by atoms with van der Waals surface area (Å²) in [6, 6.07) is 14.9. The third-order valence-electron chi connectivity index (χ3n) is 3.49. The number of Topliss-reactive ketones (excluding diaryl/α,β-unsaturated/α-hetero) is 1. The van der Waals surface area contributed by atoms with Crippen molar-refractivity contribution in [1.29, 1.82) is 0 Å². The summed E-state index contributed by atoms with van der Waals surface area (Å²) in [4.78, 5) is 46.7. The van der Waals surface area contributed by atoms with Crippen molar-refractivity contribution < 1.29 is 28.7 Å². The molecule has 2 aromatic rings. The predicted octanol–water partition coefficient (Wildman–Crippen LogP) is 2.78. The lowest BCUT2D eigenvalue weighted by atomic mass is 10.1. The van der Waals surface area contributed by atoms with Crippen LogP contribution in [0.1, 0.15) is 27.6 Å². The number of rotatable bonds is 8. The summed E-state index contributed by atoms with van der Waals surface area (Å²) >= 11 is 0. The summed E-state index contributed by atoms with van der Waals surface area (Å²) in [5.74, 6) is -2.17. The highest BCUT2D eigenvalue weighted by molar-refractivity contribution is 6.04. The van der Waals surface area contributed by atoms with Crippen LogP contribution in [0.3, 0.4) is 0 Å². The monoisotopic (exact) mass is 381 g/mol. The number of anilines is 1. The van der Waals surface area contributed by atoms with Gasteiger partial charge in [-0.2, -0.15) is 0 Å². The summed E-state index contributed by atoms with van der Waals surface area (Å²) in [6.07, 6.45) is 1.83. The number of benzene rings is 2. The van der Waals surface area contributed by atoms with E-state index in [4.69, 9.17) is 4.74 Å². The highest BCUT2D eigenvalue weighted by Gasteiger charge is 2.10. The van der Waals surface area contributed by atoms with Gasteiger partial charge in [0.1, 0.15) is 0 Å². The topological polar surface area (TPSA) is 98.8 Å². The minimum absolute atomic E-state index is 0.193. The standard InChI is InChI=1S/C21H19NO6/c1-2-27-19(24)12-13-20(25)28-14-18(23)15-8-10-17(11-9-15)22-21(26)16-6-4-3-5-7-16/h3-13H,2,14H2,1H3,(H,22,26)/b13-12+. The van der Waals surface area contributed by atoms with Gasteiger partial charge in [0.25, 0.3) is 5.91 Å². The first-order chi connectivity index (χ1) is 13.5. The van der Waals surface area contributed by atoms with Gasteiger partial charge in [0.15, 0.2) is 12.4 Å². The lowest BCUT2D eigenvalue weighted by Crippen LogP contribution is -2.14. The molecule has 1 amide bonds. The fourth-order valence-corrected chi connectivity index (χ4v) is 2.13. The average Bonchev–Trinajstić information content (AvgIpc) is 2.72.